The van der Waals surface area contributed by atoms with Crippen molar-refractivity contribution in [1.82, 2.24) is 0 Å². The zero-order valence-corrected chi connectivity index (χ0v) is 7.59. The molecule has 0 aliphatic heterocycles. The van der Waals surface area contributed by atoms with Crippen molar-refractivity contribution in [2.75, 3.05) is 0 Å². The molecule has 1 saturated carbocycles. The minimum atomic E-state index is 0.400. The van der Waals surface area contributed by atoms with Crippen LogP contribution in [0.3, 0.4) is 0 Å². The second-order valence-electron chi connectivity index (χ2n) is 4.09. The molecule has 0 radical (unpaired) electrons. The van der Waals surface area contributed by atoms with E-state index in [0.29, 0.717) is 11.3 Å². The zero-order chi connectivity index (χ0) is 8.48. The van der Waals surface area contributed by atoms with E-state index in [4.69, 9.17) is 5.21 Å². The van der Waals surface area contributed by atoms with Crippen LogP contribution in [0.1, 0.15) is 40.0 Å². The summed E-state index contributed by atoms with van der Waals surface area (Å²) in [6.07, 6.45) is 3.21. The number of hydrogen-bond acceptors (Lipinski definition) is 2. The first-order chi connectivity index (χ1) is 5.11. The molecule has 0 bridgehead atoms. The summed E-state index contributed by atoms with van der Waals surface area (Å²) >= 11 is 0. The Hall–Kier alpha value is -0.530. The van der Waals surface area contributed by atoms with Crippen molar-refractivity contribution < 1.29 is 5.21 Å². The van der Waals surface area contributed by atoms with Gasteiger partial charge in [-0.3, -0.25) is 0 Å². The summed E-state index contributed by atoms with van der Waals surface area (Å²) in [6, 6.07) is 0. The molecule has 1 rings (SSSR count). The summed E-state index contributed by atoms with van der Waals surface area (Å²) in [7, 11) is 0. The molecule has 2 heteroatoms. The van der Waals surface area contributed by atoms with Gasteiger partial charge in [0.15, 0.2) is 0 Å². The Morgan fingerprint density at radius 3 is 2.45 bits per heavy atom. The molecule has 0 spiro atoms. The summed E-state index contributed by atoms with van der Waals surface area (Å²) in [4.78, 5) is 0. The average Bonchev–Trinajstić information content (AvgIpc) is 2.55. The van der Waals surface area contributed by atoms with Gasteiger partial charge in [0.1, 0.15) is 0 Å². The maximum absolute atomic E-state index is 8.69. The third-order valence-electron chi connectivity index (χ3n) is 2.55. The molecule has 1 N–H and O–H groups in total. The first-order valence-corrected chi connectivity index (χ1v) is 4.32. The molecule has 0 aromatic carbocycles. The van der Waals surface area contributed by atoms with Crippen molar-refractivity contribution in [3.8, 4) is 0 Å². The molecule has 1 atom stereocenters. The van der Waals surface area contributed by atoms with Gasteiger partial charge in [-0.15, -0.1) is 0 Å². The normalized spacial score (nSPS) is 28.6. The van der Waals surface area contributed by atoms with E-state index in [1.54, 1.807) is 0 Å². The maximum Gasteiger partial charge on any atom is 0.0607 e. The van der Waals surface area contributed by atoms with Crippen LogP contribution in [0.5, 0.6) is 0 Å². The minimum Gasteiger partial charge on any atom is -0.411 e. The van der Waals surface area contributed by atoms with Gasteiger partial charge in [0, 0.05) is 5.92 Å². The van der Waals surface area contributed by atoms with Gasteiger partial charge in [0.25, 0.3) is 0 Å². The van der Waals surface area contributed by atoms with Gasteiger partial charge in [-0.2, -0.15) is 0 Å². The second kappa shape index (κ2) is 2.84. The summed E-state index contributed by atoms with van der Waals surface area (Å²) in [5, 5.41) is 12.0. The highest BCUT2D eigenvalue weighted by molar-refractivity contribution is 5.89. The molecule has 64 valence electrons. The van der Waals surface area contributed by atoms with E-state index >= 15 is 0 Å². The molecule has 1 aliphatic rings. The quantitative estimate of drug-likeness (QED) is 0.379. The standard InChI is InChI=1S/C9H17NO/c1-4-5-8(10-11)7-6-9(7,2)3/h7,11H,4-6H2,1-3H3/b10-8-. The summed E-state index contributed by atoms with van der Waals surface area (Å²) in [5.74, 6) is 0.549. The highest BCUT2D eigenvalue weighted by Gasteiger charge is 2.48. The van der Waals surface area contributed by atoms with Gasteiger partial charge in [-0.1, -0.05) is 32.3 Å². The molecule has 0 amide bonds. The molecule has 2 nitrogen and oxygen atoms in total. The van der Waals surface area contributed by atoms with Crippen molar-refractivity contribution >= 4 is 5.71 Å². The zero-order valence-electron chi connectivity index (χ0n) is 7.59. The molecule has 1 aliphatic carbocycles. The topological polar surface area (TPSA) is 32.6 Å². The molecule has 1 fully saturated rings. The van der Waals surface area contributed by atoms with Crippen molar-refractivity contribution in [3.63, 3.8) is 0 Å². The number of oxime groups is 1. The molecule has 0 aromatic heterocycles. The lowest BCUT2D eigenvalue weighted by molar-refractivity contribution is 0.314. The fraction of sp³-hybridized carbons (Fsp3) is 0.889. The maximum atomic E-state index is 8.69. The predicted molar refractivity (Wildman–Crippen MR) is 46.0 cm³/mol. The van der Waals surface area contributed by atoms with Crippen molar-refractivity contribution in [2.45, 2.75) is 40.0 Å². The van der Waals surface area contributed by atoms with Gasteiger partial charge in [-0.25, -0.2) is 0 Å². The molecular formula is C9H17NO. The summed E-state index contributed by atoms with van der Waals surface area (Å²) < 4.78 is 0. The van der Waals surface area contributed by atoms with Crippen LogP contribution >= 0.6 is 0 Å². The van der Waals surface area contributed by atoms with Gasteiger partial charge in [0.2, 0.25) is 0 Å². The fourth-order valence-electron chi connectivity index (χ4n) is 1.59. The largest absolute Gasteiger partial charge is 0.411 e. The fourth-order valence-corrected chi connectivity index (χ4v) is 1.59. The molecule has 11 heavy (non-hydrogen) atoms. The summed E-state index contributed by atoms with van der Waals surface area (Å²) in [6.45, 7) is 6.55. The lowest BCUT2D eigenvalue weighted by atomic mass is 10.0. The van der Waals surface area contributed by atoms with E-state index in [0.717, 1.165) is 18.6 Å². The number of rotatable bonds is 3. The van der Waals surface area contributed by atoms with E-state index in [2.05, 4.69) is 25.9 Å². The Labute approximate surface area is 68.3 Å². The first-order valence-electron chi connectivity index (χ1n) is 4.32. The smallest absolute Gasteiger partial charge is 0.0607 e. The summed E-state index contributed by atoms with van der Waals surface area (Å²) in [5.41, 5.74) is 1.40. The third kappa shape index (κ3) is 1.73. The SMILES string of the molecule is CCC/C(=N/O)C1CC1(C)C. The lowest BCUT2D eigenvalue weighted by Crippen LogP contribution is -2.05. The van der Waals surface area contributed by atoms with Crippen LogP contribution in [-0.2, 0) is 0 Å². The average molecular weight is 155 g/mol. The predicted octanol–water partition coefficient (Wildman–Crippen LogP) is 2.66. The second-order valence-corrected chi connectivity index (χ2v) is 4.09. The molecule has 0 heterocycles. The van der Waals surface area contributed by atoms with Crippen LogP contribution in [0.25, 0.3) is 0 Å². The molecule has 0 saturated heterocycles. The van der Waals surface area contributed by atoms with Crippen LogP contribution in [0.2, 0.25) is 0 Å². The Balaban J connectivity index is 2.47. The van der Waals surface area contributed by atoms with Crippen molar-refractivity contribution in [2.24, 2.45) is 16.5 Å². The Kier molecular flexibility index (Phi) is 2.21. The number of nitrogens with zero attached hydrogens (tertiary/aromatic N) is 1. The van der Waals surface area contributed by atoms with Crippen LogP contribution < -0.4 is 0 Å². The monoisotopic (exact) mass is 155 g/mol. The third-order valence-corrected chi connectivity index (χ3v) is 2.55. The van der Waals surface area contributed by atoms with Gasteiger partial charge < -0.3 is 5.21 Å². The molecular weight excluding hydrogens is 138 g/mol. The molecule has 0 aromatic rings. The lowest BCUT2D eigenvalue weighted by Gasteiger charge is -2.03. The highest BCUT2D eigenvalue weighted by atomic mass is 16.4. The van der Waals surface area contributed by atoms with E-state index in [1.165, 1.54) is 6.42 Å². The van der Waals surface area contributed by atoms with Crippen LogP contribution in [0.15, 0.2) is 5.16 Å². The molecule has 1 unspecified atom stereocenters. The van der Waals surface area contributed by atoms with Crippen LogP contribution in [0.4, 0.5) is 0 Å². The van der Waals surface area contributed by atoms with Gasteiger partial charge in [-0.05, 0) is 18.3 Å². The van der Waals surface area contributed by atoms with E-state index < -0.39 is 0 Å². The van der Waals surface area contributed by atoms with E-state index in [9.17, 15) is 0 Å². The first kappa shape index (κ1) is 8.57. The van der Waals surface area contributed by atoms with E-state index in [-0.39, 0.29) is 0 Å². The Bertz CT molecular complexity index is 172. The Morgan fingerprint density at radius 1 is 1.64 bits per heavy atom. The van der Waals surface area contributed by atoms with Crippen LogP contribution in [-0.4, -0.2) is 10.9 Å². The van der Waals surface area contributed by atoms with Crippen LogP contribution in [0, 0.1) is 11.3 Å². The Morgan fingerprint density at radius 2 is 2.18 bits per heavy atom. The number of hydrogen-bond donors (Lipinski definition) is 1. The van der Waals surface area contributed by atoms with Crippen molar-refractivity contribution in [1.29, 1.82) is 0 Å². The van der Waals surface area contributed by atoms with E-state index in [1.807, 2.05) is 0 Å². The van der Waals surface area contributed by atoms with Gasteiger partial charge >= 0.3 is 0 Å². The van der Waals surface area contributed by atoms with Gasteiger partial charge in [0.05, 0.1) is 5.71 Å². The minimum absolute atomic E-state index is 0.400. The highest BCUT2D eigenvalue weighted by Crippen LogP contribution is 2.52. The van der Waals surface area contributed by atoms with Crippen molar-refractivity contribution in [3.05, 3.63) is 0 Å².